The Morgan fingerprint density at radius 2 is 1.87 bits per heavy atom. The van der Waals surface area contributed by atoms with Crippen LogP contribution in [0.15, 0.2) is 60.8 Å². The van der Waals surface area contributed by atoms with Crippen LogP contribution in [0.25, 0.3) is 10.9 Å². The van der Waals surface area contributed by atoms with Gasteiger partial charge in [-0.05, 0) is 29.8 Å². The van der Waals surface area contributed by atoms with E-state index in [9.17, 15) is 8.42 Å². The summed E-state index contributed by atoms with van der Waals surface area (Å²) in [5.74, 6) is -0.120. The minimum atomic E-state index is -3.85. The largest absolute Gasteiger partial charge is 0.380 e. The summed E-state index contributed by atoms with van der Waals surface area (Å²) < 4.78 is 29.8. The van der Waals surface area contributed by atoms with Gasteiger partial charge in [-0.25, -0.2) is 0 Å². The molecule has 114 valence electrons. The van der Waals surface area contributed by atoms with Crippen LogP contribution in [0, 0.1) is 11.3 Å². The van der Waals surface area contributed by atoms with Crippen LogP contribution in [-0.2, 0) is 15.9 Å². The van der Waals surface area contributed by atoms with Gasteiger partial charge in [-0.15, -0.1) is 0 Å². The topological polar surface area (TPSA) is 80.0 Å². The molecule has 0 saturated heterocycles. The van der Waals surface area contributed by atoms with Gasteiger partial charge in [0.1, 0.15) is 11.3 Å². The Morgan fingerprint density at radius 1 is 1.09 bits per heavy atom. The maximum absolute atomic E-state index is 12.3. The van der Waals surface area contributed by atoms with E-state index in [2.05, 4.69) is 4.98 Å². The van der Waals surface area contributed by atoms with Gasteiger partial charge < -0.3 is 4.18 Å². The Bertz CT molecular complexity index is 1000. The van der Waals surface area contributed by atoms with Crippen molar-refractivity contribution in [1.82, 2.24) is 4.98 Å². The Balaban J connectivity index is 1.90. The number of nitrogens with zero attached hydrogens (tertiary/aromatic N) is 2. The van der Waals surface area contributed by atoms with Gasteiger partial charge in [-0.1, -0.05) is 30.3 Å². The molecular weight excluding hydrogens is 312 g/mol. The molecule has 0 aliphatic heterocycles. The second-order valence-electron chi connectivity index (χ2n) is 4.93. The number of nitriles is 1. The number of aromatic nitrogens is 1. The fourth-order valence-corrected chi connectivity index (χ4v) is 3.30. The first kappa shape index (κ1) is 15.0. The van der Waals surface area contributed by atoms with Crippen molar-refractivity contribution in [2.24, 2.45) is 0 Å². The fraction of sp³-hybridized carbons (Fsp3) is 0.0588. The molecule has 3 aromatic rings. The molecule has 2 aromatic carbocycles. The monoisotopic (exact) mass is 324 g/mol. The Morgan fingerprint density at radius 3 is 2.70 bits per heavy atom. The molecular formula is C17H12N2O3S. The van der Waals surface area contributed by atoms with Crippen molar-refractivity contribution in [2.75, 3.05) is 0 Å². The van der Waals surface area contributed by atoms with Gasteiger partial charge in [-0.2, -0.15) is 13.7 Å². The molecule has 6 heteroatoms. The van der Waals surface area contributed by atoms with E-state index in [1.54, 1.807) is 42.6 Å². The second-order valence-corrected chi connectivity index (χ2v) is 6.50. The van der Waals surface area contributed by atoms with Gasteiger partial charge in [0.25, 0.3) is 0 Å². The van der Waals surface area contributed by atoms with Gasteiger partial charge in [-0.3, -0.25) is 4.98 Å². The molecule has 0 aliphatic rings. The van der Waals surface area contributed by atoms with Crippen LogP contribution in [0.1, 0.15) is 11.1 Å². The van der Waals surface area contributed by atoms with Crippen molar-refractivity contribution in [3.05, 3.63) is 71.9 Å². The second kappa shape index (κ2) is 6.07. The third kappa shape index (κ3) is 3.47. The summed E-state index contributed by atoms with van der Waals surface area (Å²) in [4.78, 5) is 4.17. The first-order valence-electron chi connectivity index (χ1n) is 6.82. The van der Waals surface area contributed by atoms with Gasteiger partial charge in [0.2, 0.25) is 0 Å². The van der Waals surface area contributed by atoms with Crippen molar-refractivity contribution in [1.29, 1.82) is 5.26 Å². The molecule has 0 unspecified atom stereocenters. The predicted octanol–water partition coefficient (Wildman–Crippen LogP) is 3.02. The molecule has 0 atom stereocenters. The van der Waals surface area contributed by atoms with Gasteiger partial charge in [0.15, 0.2) is 5.75 Å². The lowest BCUT2D eigenvalue weighted by Crippen LogP contribution is -2.12. The lowest BCUT2D eigenvalue weighted by molar-refractivity contribution is 0.487. The molecule has 0 spiro atoms. The Kier molecular flexibility index (Phi) is 3.96. The van der Waals surface area contributed by atoms with Crippen LogP contribution in [0.5, 0.6) is 5.75 Å². The molecule has 0 fully saturated rings. The number of benzene rings is 2. The standard InChI is InChI=1S/C17H12N2O3S/c18-11-13-4-1-5-14(10-13)12-23(20,21)22-16-8-2-6-15-7-3-9-19-17(15)16/h1-10H,12H2. The summed E-state index contributed by atoms with van der Waals surface area (Å²) in [6, 6.07) is 17.1. The van der Waals surface area contributed by atoms with Crippen LogP contribution in [0.3, 0.4) is 0 Å². The smallest absolute Gasteiger partial charge is 0.313 e. The molecule has 5 nitrogen and oxygen atoms in total. The average molecular weight is 324 g/mol. The molecule has 23 heavy (non-hydrogen) atoms. The van der Waals surface area contributed by atoms with E-state index in [4.69, 9.17) is 9.44 Å². The third-order valence-corrected chi connectivity index (χ3v) is 4.33. The number of pyridine rings is 1. The molecule has 0 radical (unpaired) electrons. The van der Waals surface area contributed by atoms with Crippen LogP contribution in [0.2, 0.25) is 0 Å². The van der Waals surface area contributed by atoms with Gasteiger partial charge in [0, 0.05) is 11.6 Å². The molecule has 3 rings (SSSR count). The number of hydrogen-bond acceptors (Lipinski definition) is 5. The van der Waals surface area contributed by atoms with Gasteiger partial charge in [0.05, 0.1) is 11.6 Å². The van der Waals surface area contributed by atoms with Crippen molar-refractivity contribution in [3.63, 3.8) is 0 Å². The normalized spacial score (nSPS) is 11.1. The first-order valence-corrected chi connectivity index (χ1v) is 8.40. The minimum Gasteiger partial charge on any atom is -0.380 e. The lowest BCUT2D eigenvalue weighted by atomic mass is 10.2. The number of hydrogen-bond donors (Lipinski definition) is 0. The molecule has 0 amide bonds. The SMILES string of the molecule is N#Cc1cccc(CS(=O)(=O)Oc2cccc3cccnc23)c1. The first-order chi connectivity index (χ1) is 11.1. The summed E-state index contributed by atoms with van der Waals surface area (Å²) in [5, 5.41) is 9.67. The van der Waals surface area contributed by atoms with E-state index in [1.165, 1.54) is 6.07 Å². The van der Waals surface area contributed by atoms with Crippen molar-refractivity contribution in [3.8, 4) is 11.8 Å². The Hall–Kier alpha value is -2.91. The van der Waals surface area contributed by atoms with Crippen molar-refractivity contribution >= 4 is 21.0 Å². The fourth-order valence-electron chi connectivity index (χ4n) is 2.24. The van der Waals surface area contributed by atoms with E-state index in [-0.39, 0.29) is 11.5 Å². The predicted molar refractivity (Wildman–Crippen MR) is 86.2 cm³/mol. The average Bonchev–Trinajstić information content (AvgIpc) is 2.54. The molecule has 0 saturated carbocycles. The highest BCUT2D eigenvalue weighted by molar-refractivity contribution is 7.86. The minimum absolute atomic E-state index is 0.194. The number of para-hydroxylation sites is 1. The summed E-state index contributed by atoms with van der Waals surface area (Å²) in [5.41, 5.74) is 1.39. The zero-order valence-electron chi connectivity index (χ0n) is 12.0. The zero-order chi connectivity index (χ0) is 16.3. The summed E-state index contributed by atoms with van der Waals surface area (Å²) in [6.07, 6.45) is 1.58. The lowest BCUT2D eigenvalue weighted by Gasteiger charge is -2.09. The highest BCUT2D eigenvalue weighted by Gasteiger charge is 2.16. The zero-order valence-corrected chi connectivity index (χ0v) is 12.8. The summed E-state index contributed by atoms with van der Waals surface area (Å²) in [7, 11) is -3.85. The van der Waals surface area contributed by atoms with Crippen molar-refractivity contribution in [2.45, 2.75) is 5.75 Å². The maximum atomic E-state index is 12.3. The molecule has 1 aromatic heterocycles. The van der Waals surface area contributed by atoms with E-state index in [1.807, 2.05) is 18.2 Å². The molecule has 0 aliphatic carbocycles. The third-order valence-electron chi connectivity index (χ3n) is 3.21. The summed E-state index contributed by atoms with van der Waals surface area (Å²) >= 11 is 0. The number of fused-ring (bicyclic) bond motifs is 1. The maximum Gasteiger partial charge on any atom is 0.313 e. The van der Waals surface area contributed by atoms with Crippen LogP contribution < -0.4 is 4.18 Å². The van der Waals surface area contributed by atoms with E-state index in [0.717, 1.165) is 5.39 Å². The van der Waals surface area contributed by atoms with Crippen LogP contribution in [0.4, 0.5) is 0 Å². The van der Waals surface area contributed by atoms with Crippen LogP contribution >= 0.6 is 0 Å². The number of rotatable bonds is 4. The highest BCUT2D eigenvalue weighted by atomic mass is 32.2. The van der Waals surface area contributed by atoms with E-state index < -0.39 is 10.1 Å². The van der Waals surface area contributed by atoms with Crippen molar-refractivity contribution < 1.29 is 12.6 Å². The highest BCUT2D eigenvalue weighted by Crippen LogP contribution is 2.25. The van der Waals surface area contributed by atoms with E-state index >= 15 is 0 Å². The summed E-state index contributed by atoms with van der Waals surface area (Å²) in [6.45, 7) is 0. The van der Waals surface area contributed by atoms with E-state index in [0.29, 0.717) is 16.6 Å². The molecule has 0 N–H and O–H groups in total. The van der Waals surface area contributed by atoms with Crippen LogP contribution in [-0.4, -0.2) is 13.4 Å². The Labute approximate surface area is 133 Å². The quantitative estimate of drug-likeness (QED) is 0.689. The molecule has 0 bridgehead atoms. The van der Waals surface area contributed by atoms with Gasteiger partial charge >= 0.3 is 10.1 Å². The molecule has 1 heterocycles.